The zero-order valence-corrected chi connectivity index (χ0v) is 13.0. The quantitative estimate of drug-likeness (QED) is 0.939. The van der Waals surface area contributed by atoms with Gasteiger partial charge in [-0.25, -0.2) is 0 Å². The molecule has 2 aromatic rings. The molecule has 1 aromatic carbocycles. The molecule has 0 unspecified atom stereocenters. The fraction of sp³-hybridized carbons (Fsp3) is 0.471. The van der Waals surface area contributed by atoms with Crippen LogP contribution in [0, 0.1) is 5.92 Å². The van der Waals surface area contributed by atoms with Gasteiger partial charge >= 0.3 is 0 Å². The van der Waals surface area contributed by atoms with Crippen LogP contribution in [-0.4, -0.2) is 47.5 Å². The molecule has 0 bridgehead atoms. The lowest BCUT2D eigenvalue weighted by Crippen LogP contribution is -2.32. The molecule has 3 rings (SSSR count). The molecule has 116 valence electrons. The minimum atomic E-state index is -0.0273. The Balaban J connectivity index is 1.52. The van der Waals surface area contributed by atoms with Crippen LogP contribution < -0.4 is 5.32 Å². The third-order valence-electron chi connectivity index (χ3n) is 4.41. The third-order valence-corrected chi connectivity index (χ3v) is 4.41. The van der Waals surface area contributed by atoms with Crippen molar-refractivity contribution in [2.45, 2.75) is 19.3 Å². The first-order valence-corrected chi connectivity index (χ1v) is 7.90. The van der Waals surface area contributed by atoms with Gasteiger partial charge in [-0.3, -0.25) is 14.8 Å². The highest BCUT2D eigenvalue weighted by atomic mass is 16.1. The van der Waals surface area contributed by atoms with Gasteiger partial charge in [-0.15, -0.1) is 0 Å². The molecule has 22 heavy (non-hydrogen) atoms. The number of nitrogens with zero attached hydrogens (tertiary/aromatic N) is 3. The van der Waals surface area contributed by atoms with Crippen LogP contribution in [0.2, 0.25) is 0 Å². The Kier molecular flexibility index (Phi) is 4.63. The van der Waals surface area contributed by atoms with E-state index in [-0.39, 0.29) is 5.91 Å². The monoisotopic (exact) mass is 298 g/mol. The number of aromatic nitrogens is 2. The second-order valence-corrected chi connectivity index (χ2v) is 6.05. The van der Waals surface area contributed by atoms with E-state index < -0.39 is 0 Å². The Morgan fingerprint density at radius 2 is 1.95 bits per heavy atom. The SMILES string of the molecule is CN1CCC(CCNC(=O)c2ccc3nccnc3c2)CC1. The van der Waals surface area contributed by atoms with E-state index in [4.69, 9.17) is 0 Å². The molecule has 1 N–H and O–H groups in total. The third kappa shape index (κ3) is 3.60. The fourth-order valence-electron chi connectivity index (χ4n) is 2.95. The van der Waals surface area contributed by atoms with Crippen LogP contribution in [0.15, 0.2) is 30.6 Å². The molecule has 0 aliphatic carbocycles. The molecule has 1 amide bonds. The molecule has 1 aliphatic rings. The Bertz CT molecular complexity index is 650. The van der Waals surface area contributed by atoms with E-state index in [9.17, 15) is 4.79 Å². The first-order chi connectivity index (χ1) is 10.7. The van der Waals surface area contributed by atoms with Gasteiger partial charge in [-0.05, 0) is 63.5 Å². The van der Waals surface area contributed by atoms with E-state index in [0.717, 1.165) is 29.9 Å². The molecule has 0 saturated carbocycles. The highest BCUT2D eigenvalue weighted by molar-refractivity contribution is 5.97. The van der Waals surface area contributed by atoms with Gasteiger partial charge in [0.05, 0.1) is 11.0 Å². The molecule has 0 spiro atoms. The van der Waals surface area contributed by atoms with Gasteiger partial charge in [-0.2, -0.15) is 0 Å². The van der Waals surface area contributed by atoms with Gasteiger partial charge in [0.1, 0.15) is 0 Å². The molecule has 0 atom stereocenters. The van der Waals surface area contributed by atoms with Gasteiger partial charge in [0.15, 0.2) is 0 Å². The van der Waals surface area contributed by atoms with Crippen molar-refractivity contribution in [2.75, 3.05) is 26.7 Å². The maximum atomic E-state index is 12.2. The molecule has 1 aromatic heterocycles. The van der Waals surface area contributed by atoms with E-state index in [2.05, 4.69) is 27.2 Å². The number of fused-ring (bicyclic) bond motifs is 1. The first kappa shape index (κ1) is 14.9. The summed E-state index contributed by atoms with van der Waals surface area (Å²) in [6, 6.07) is 5.45. The summed E-state index contributed by atoms with van der Waals surface area (Å²) >= 11 is 0. The molecule has 5 heteroatoms. The predicted molar refractivity (Wildman–Crippen MR) is 86.7 cm³/mol. The van der Waals surface area contributed by atoms with E-state index in [1.807, 2.05) is 12.1 Å². The zero-order chi connectivity index (χ0) is 15.4. The Hall–Kier alpha value is -2.01. The summed E-state index contributed by atoms with van der Waals surface area (Å²) in [6.45, 7) is 3.08. The van der Waals surface area contributed by atoms with Crippen LogP contribution >= 0.6 is 0 Å². The van der Waals surface area contributed by atoms with Crippen LogP contribution in [0.4, 0.5) is 0 Å². The summed E-state index contributed by atoms with van der Waals surface area (Å²) in [5.74, 6) is 0.708. The number of hydrogen-bond donors (Lipinski definition) is 1. The van der Waals surface area contributed by atoms with Gasteiger partial charge < -0.3 is 10.2 Å². The van der Waals surface area contributed by atoms with Gasteiger partial charge in [0.25, 0.3) is 5.91 Å². The minimum Gasteiger partial charge on any atom is -0.352 e. The first-order valence-electron chi connectivity index (χ1n) is 7.90. The van der Waals surface area contributed by atoms with Crippen LogP contribution in [0.1, 0.15) is 29.6 Å². The molecule has 1 saturated heterocycles. The van der Waals surface area contributed by atoms with Crippen molar-refractivity contribution in [3.05, 3.63) is 36.2 Å². The smallest absolute Gasteiger partial charge is 0.251 e. The summed E-state index contributed by atoms with van der Waals surface area (Å²) in [6.07, 6.45) is 6.83. The van der Waals surface area contributed by atoms with Gasteiger partial charge in [-0.1, -0.05) is 0 Å². The number of carbonyl (C=O) groups is 1. The molecular weight excluding hydrogens is 276 g/mol. The number of rotatable bonds is 4. The average Bonchev–Trinajstić information content (AvgIpc) is 2.56. The zero-order valence-electron chi connectivity index (χ0n) is 13.0. The topological polar surface area (TPSA) is 58.1 Å². The Morgan fingerprint density at radius 1 is 1.23 bits per heavy atom. The number of amides is 1. The summed E-state index contributed by atoms with van der Waals surface area (Å²) < 4.78 is 0. The van der Waals surface area contributed by atoms with E-state index in [1.54, 1.807) is 18.5 Å². The Morgan fingerprint density at radius 3 is 2.73 bits per heavy atom. The van der Waals surface area contributed by atoms with E-state index >= 15 is 0 Å². The standard InChI is InChI=1S/C17H22N4O/c1-21-10-5-13(6-11-21)4-7-20-17(22)14-2-3-15-16(12-14)19-9-8-18-15/h2-3,8-9,12-13H,4-7,10-11H2,1H3,(H,20,22). The van der Waals surface area contributed by atoms with Crippen molar-refractivity contribution in [3.63, 3.8) is 0 Å². The number of piperidine rings is 1. The fourth-order valence-corrected chi connectivity index (χ4v) is 2.95. The number of likely N-dealkylation sites (tertiary alicyclic amines) is 1. The molecule has 2 heterocycles. The van der Waals surface area contributed by atoms with E-state index in [0.29, 0.717) is 5.56 Å². The van der Waals surface area contributed by atoms with Crippen LogP contribution in [0.3, 0.4) is 0 Å². The second-order valence-electron chi connectivity index (χ2n) is 6.05. The Labute approximate surface area is 130 Å². The maximum Gasteiger partial charge on any atom is 0.251 e. The van der Waals surface area contributed by atoms with Crippen molar-refractivity contribution in [2.24, 2.45) is 5.92 Å². The summed E-state index contributed by atoms with van der Waals surface area (Å²) in [5, 5.41) is 3.02. The largest absolute Gasteiger partial charge is 0.352 e. The summed E-state index contributed by atoms with van der Waals surface area (Å²) in [7, 11) is 2.17. The maximum absolute atomic E-state index is 12.2. The normalized spacial score (nSPS) is 16.8. The summed E-state index contributed by atoms with van der Waals surface area (Å²) in [4.78, 5) is 23.0. The molecule has 5 nitrogen and oxygen atoms in total. The van der Waals surface area contributed by atoms with Crippen LogP contribution in [-0.2, 0) is 0 Å². The average molecular weight is 298 g/mol. The van der Waals surface area contributed by atoms with Gasteiger partial charge in [0.2, 0.25) is 0 Å². The molecule has 1 fully saturated rings. The van der Waals surface area contributed by atoms with Crippen molar-refractivity contribution in [3.8, 4) is 0 Å². The molecular formula is C17H22N4O. The highest BCUT2D eigenvalue weighted by Gasteiger charge is 2.16. The number of benzene rings is 1. The van der Waals surface area contributed by atoms with Crippen LogP contribution in [0.25, 0.3) is 11.0 Å². The lowest BCUT2D eigenvalue weighted by Gasteiger charge is -2.28. The number of hydrogen-bond acceptors (Lipinski definition) is 4. The minimum absolute atomic E-state index is 0.0273. The number of carbonyl (C=O) groups excluding carboxylic acids is 1. The van der Waals surface area contributed by atoms with Crippen molar-refractivity contribution < 1.29 is 4.79 Å². The van der Waals surface area contributed by atoms with Crippen molar-refractivity contribution in [1.82, 2.24) is 20.2 Å². The highest BCUT2D eigenvalue weighted by Crippen LogP contribution is 2.18. The molecule has 0 radical (unpaired) electrons. The van der Waals surface area contributed by atoms with Crippen molar-refractivity contribution >= 4 is 16.9 Å². The van der Waals surface area contributed by atoms with Crippen molar-refractivity contribution in [1.29, 1.82) is 0 Å². The number of nitrogens with one attached hydrogen (secondary N) is 1. The second kappa shape index (κ2) is 6.83. The lowest BCUT2D eigenvalue weighted by atomic mass is 9.94. The molecule has 1 aliphatic heterocycles. The summed E-state index contributed by atoms with van der Waals surface area (Å²) in [5.41, 5.74) is 2.22. The van der Waals surface area contributed by atoms with E-state index in [1.165, 1.54) is 25.9 Å². The van der Waals surface area contributed by atoms with Gasteiger partial charge in [0, 0.05) is 24.5 Å². The lowest BCUT2D eigenvalue weighted by molar-refractivity contribution is 0.0949. The van der Waals surface area contributed by atoms with Crippen LogP contribution in [0.5, 0.6) is 0 Å². The predicted octanol–water partition coefficient (Wildman–Crippen LogP) is 2.09.